The molecule has 1 heterocycles. The van der Waals surface area contributed by atoms with Crippen molar-refractivity contribution in [3.8, 4) is 0 Å². The third-order valence-electron chi connectivity index (χ3n) is 6.03. The van der Waals surface area contributed by atoms with Gasteiger partial charge in [0, 0.05) is 32.1 Å². The van der Waals surface area contributed by atoms with E-state index >= 15 is 0 Å². The zero-order chi connectivity index (χ0) is 19.2. The zero-order valence-corrected chi connectivity index (χ0v) is 17.1. The maximum Gasteiger partial charge on any atom is 0.255 e. The Bertz CT molecular complexity index is 657. The van der Waals surface area contributed by atoms with Crippen molar-refractivity contribution in [2.75, 3.05) is 26.2 Å². The summed E-state index contributed by atoms with van der Waals surface area (Å²) >= 11 is 6.18. The van der Waals surface area contributed by atoms with Crippen LogP contribution in [0.4, 0.5) is 0 Å². The molecule has 0 spiro atoms. The van der Waals surface area contributed by atoms with E-state index in [1.54, 1.807) is 12.1 Å². The lowest BCUT2D eigenvalue weighted by atomic mass is 9.83. The van der Waals surface area contributed by atoms with Gasteiger partial charge in [0.15, 0.2) is 0 Å². The first kappa shape index (κ1) is 20.2. The van der Waals surface area contributed by atoms with E-state index in [0.717, 1.165) is 19.4 Å². The van der Waals surface area contributed by atoms with E-state index < -0.39 is 0 Å². The minimum Gasteiger partial charge on any atom is -0.341 e. The highest BCUT2D eigenvalue weighted by molar-refractivity contribution is 6.33. The lowest BCUT2D eigenvalue weighted by molar-refractivity contribution is -0.135. The molecule has 2 fully saturated rings. The highest BCUT2D eigenvalue weighted by Crippen LogP contribution is 2.29. The maximum absolute atomic E-state index is 12.9. The Morgan fingerprint density at radius 2 is 1.67 bits per heavy atom. The van der Waals surface area contributed by atoms with Gasteiger partial charge in [0.05, 0.1) is 10.6 Å². The third kappa shape index (κ3) is 5.25. The molecule has 0 bridgehead atoms. The molecule has 2 amide bonds. The summed E-state index contributed by atoms with van der Waals surface area (Å²) in [7, 11) is 0. The first-order valence-electron chi connectivity index (χ1n) is 10.4. The summed E-state index contributed by atoms with van der Waals surface area (Å²) in [5, 5.41) is 0.487. The van der Waals surface area contributed by atoms with Gasteiger partial charge in [0.25, 0.3) is 5.91 Å². The van der Waals surface area contributed by atoms with E-state index in [0.29, 0.717) is 36.1 Å². The predicted molar refractivity (Wildman–Crippen MR) is 109 cm³/mol. The monoisotopic (exact) mass is 390 g/mol. The minimum absolute atomic E-state index is 0.0369. The zero-order valence-electron chi connectivity index (χ0n) is 16.3. The number of carbonyl (C=O) groups is 2. The topological polar surface area (TPSA) is 40.6 Å². The molecule has 0 aromatic heterocycles. The van der Waals surface area contributed by atoms with E-state index in [1.165, 1.54) is 32.1 Å². The maximum atomic E-state index is 12.9. The lowest BCUT2D eigenvalue weighted by Crippen LogP contribution is -2.40. The van der Waals surface area contributed by atoms with Gasteiger partial charge in [0.2, 0.25) is 5.91 Å². The normalized spacial score (nSPS) is 20.2. The number of hydrogen-bond donors (Lipinski definition) is 0. The number of rotatable bonds is 4. The number of benzene rings is 1. The molecule has 0 N–H and O–H groups in total. The van der Waals surface area contributed by atoms with Crippen LogP contribution >= 0.6 is 11.6 Å². The van der Waals surface area contributed by atoms with Crippen molar-refractivity contribution in [1.29, 1.82) is 0 Å². The van der Waals surface area contributed by atoms with Crippen molar-refractivity contribution in [3.05, 3.63) is 34.9 Å². The molecule has 1 saturated carbocycles. The number of halogens is 1. The van der Waals surface area contributed by atoms with E-state index in [-0.39, 0.29) is 17.7 Å². The van der Waals surface area contributed by atoms with E-state index in [2.05, 4.69) is 6.92 Å². The van der Waals surface area contributed by atoms with E-state index in [1.807, 2.05) is 21.9 Å². The third-order valence-corrected chi connectivity index (χ3v) is 6.36. The fraction of sp³-hybridized carbons (Fsp3) is 0.636. The standard InChI is InChI=1S/C22H31ClN2O2/c1-17(16-18-8-3-2-4-9-18)21(26)24-12-7-13-25(15-14-24)22(27)19-10-5-6-11-20(19)23/h5-6,10-11,17-18H,2-4,7-9,12-16H2,1H3. The van der Waals surface area contributed by atoms with Crippen LogP contribution in [-0.2, 0) is 4.79 Å². The van der Waals surface area contributed by atoms with Gasteiger partial charge < -0.3 is 9.80 Å². The molecular weight excluding hydrogens is 360 g/mol. The molecule has 1 atom stereocenters. The Hall–Kier alpha value is -1.55. The number of carbonyl (C=O) groups excluding carboxylic acids is 2. The highest BCUT2D eigenvalue weighted by atomic mass is 35.5. The summed E-state index contributed by atoms with van der Waals surface area (Å²) < 4.78 is 0. The van der Waals surface area contributed by atoms with Crippen LogP contribution in [0.2, 0.25) is 5.02 Å². The molecule has 1 aromatic carbocycles. The second-order valence-electron chi connectivity index (χ2n) is 8.09. The van der Waals surface area contributed by atoms with Crippen molar-refractivity contribution in [3.63, 3.8) is 0 Å². The molecule has 4 nitrogen and oxygen atoms in total. The fourth-order valence-electron chi connectivity index (χ4n) is 4.48. The average Bonchev–Trinajstić information content (AvgIpc) is 2.94. The van der Waals surface area contributed by atoms with Crippen molar-refractivity contribution >= 4 is 23.4 Å². The second-order valence-corrected chi connectivity index (χ2v) is 8.50. The van der Waals surface area contributed by atoms with E-state index in [9.17, 15) is 9.59 Å². The first-order valence-corrected chi connectivity index (χ1v) is 10.8. The lowest BCUT2D eigenvalue weighted by Gasteiger charge is -2.28. The fourth-order valence-corrected chi connectivity index (χ4v) is 4.70. The first-order chi connectivity index (χ1) is 13.1. The van der Waals surface area contributed by atoms with Crippen molar-refractivity contribution in [2.24, 2.45) is 11.8 Å². The summed E-state index contributed by atoms with van der Waals surface area (Å²) in [6, 6.07) is 7.18. The average molecular weight is 391 g/mol. The summed E-state index contributed by atoms with van der Waals surface area (Å²) in [5.74, 6) is 1.01. The quantitative estimate of drug-likeness (QED) is 0.752. The Kier molecular flexibility index (Phi) is 7.17. The Morgan fingerprint density at radius 1 is 1.00 bits per heavy atom. The Morgan fingerprint density at radius 3 is 2.41 bits per heavy atom. The SMILES string of the molecule is CC(CC1CCCCC1)C(=O)N1CCCN(C(=O)c2ccccc2Cl)CC1. The van der Waals surface area contributed by atoms with Crippen LogP contribution in [0.15, 0.2) is 24.3 Å². The molecule has 0 radical (unpaired) electrons. The molecule has 2 aliphatic rings. The molecular formula is C22H31ClN2O2. The smallest absolute Gasteiger partial charge is 0.255 e. The van der Waals surface area contributed by atoms with Crippen LogP contribution in [0.1, 0.15) is 62.2 Å². The summed E-state index contributed by atoms with van der Waals surface area (Å²) in [6.07, 6.45) is 8.36. The van der Waals surface area contributed by atoms with Crippen LogP contribution < -0.4 is 0 Å². The van der Waals surface area contributed by atoms with Gasteiger partial charge in [-0.05, 0) is 30.9 Å². The second kappa shape index (κ2) is 9.59. The molecule has 148 valence electrons. The van der Waals surface area contributed by atoms with Crippen molar-refractivity contribution in [1.82, 2.24) is 9.80 Å². The molecule has 27 heavy (non-hydrogen) atoms. The molecule has 1 aromatic rings. The Balaban J connectivity index is 1.55. The van der Waals surface area contributed by atoms with Gasteiger partial charge in [-0.2, -0.15) is 0 Å². The summed E-state index contributed by atoms with van der Waals surface area (Å²) in [6.45, 7) is 4.68. The molecule has 1 aliphatic carbocycles. The van der Waals surface area contributed by atoms with Crippen LogP contribution in [0.3, 0.4) is 0 Å². The van der Waals surface area contributed by atoms with Crippen LogP contribution in [0.5, 0.6) is 0 Å². The van der Waals surface area contributed by atoms with Gasteiger partial charge in [-0.1, -0.05) is 62.8 Å². The van der Waals surface area contributed by atoms with Crippen LogP contribution in [-0.4, -0.2) is 47.8 Å². The molecule has 5 heteroatoms. The van der Waals surface area contributed by atoms with Gasteiger partial charge in [-0.3, -0.25) is 9.59 Å². The molecule has 3 rings (SSSR count). The molecule has 1 aliphatic heterocycles. The number of hydrogen-bond acceptors (Lipinski definition) is 2. The van der Waals surface area contributed by atoms with Crippen molar-refractivity contribution in [2.45, 2.75) is 51.9 Å². The Labute approximate surface area is 167 Å². The highest BCUT2D eigenvalue weighted by Gasteiger charge is 2.28. The number of amides is 2. The van der Waals surface area contributed by atoms with Crippen LogP contribution in [0.25, 0.3) is 0 Å². The minimum atomic E-state index is -0.0369. The van der Waals surface area contributed by atoms with Crippen LogP contribution in [0, 0.1) is 11.8 Å². The largest absolute Gasteiger partial charge is 0.341 e. The summed E-state index contributed by atoms with van der Waals surface area (Å²) in [5.41, 5.74) is 0.546. The molecule has 1 saturated heterocycles. The van der Waals surface area contributed by atoms with Gasteiger partial charge >= 0.3 is 0 Å². The van der Waals surface area contributed by atoms with Gasteiger partial charge in [-0.15, -0.1) is 0 Å². The van der Waals surface area contributed by atoms with Gasteiger partial charge in [-0.25, -0.2) is 0 Å². The number of nitrogens with zero attached hydrogens (tertiary/aromatic N) is 2. The predicted octanol–water partition coefficient (Wildman–Crippen LogP) is 4.62. The van der Waals surface area contributed by atoms with E-state index in [4.69, 9.17) is 11.6 Å². The van der Waals surface area contributed by atoms with Crippen molar-refractivity contribution < 1.29 is 9.59 Å². The van der Waals surface area contributed by atoms with Gasteiger partial charge in [0.1, 0.15) is 0 Å². The summed E-state index contributed by atoms with van der Waals surface area (Å²) in [4.78, 5) is 29.5. The molecule has 1 unspecified atom stereocenters.